The third-order valence-electron chi connectivity index (χ3n) is 2.54. The molecule has 1 atom stereocenters. The minimum absolute atomic E-state index is 0.288. The molecule has 1 heterocycles. The summed E-state index contributed by atoms with van der Waals surface area (Å²) < 4.78 is 3.01. The van der Waals surface area contributed by atoms with E-state index in [9.17, 15) is 5.11 Å². The van der Waals surface area contributed by atoms with Crippen LogP contribution in [0.1, 0.15) is 31.7 Å². The van der Waals surface area contributed by atoms with E-state index in [-0.39, 0.29) is 6.10 Å². The average Bonchev–Trinajstić information content (AvgIpc) is 2.57. The van der Waals surface area contributed by atoms with Crippen LogP contribution in [0, 0.1) is 6.92 Å². The predicted molar refractivity (Wildman–Crippen MR) is 77.7 cm³/mol. The largest absolute Gasteiger partial charge is 0.392 e. The van der Waals surface area contributed by atoms with Crippen LogP contribution >= 0.6 is 27.7 Å². The van der Waals surface area contributed by atoms with Crippen molar-refractivity contribution in [3.05, 3.63) is 15.9 Å². The topological polar surface area (TPSA) is 38.1 Å². The van der Waals surface area contributed by atoms with Crippen molar-refractivity contribution < 1.29 is 5.11 Å². The number of nitrogens with zero attached hydrogens (tertiary/aromatic N) is 2. The zero-order valence-electron chi connectivity index (χ0n) is 10.7. The van der Waals surface area contributed by atoms with E-state index in [1.54, 1.807) is 0 Å². The second-order valence-corrected chi connectivity index (χ2v) is 6.04. The third kappa shape index (κ3) is 4.30. The normalized spacial score (nSPS) is 13.0. The van der Waals surface area contributed by atoms with Crippen molar-refractivity contribution in [3.8, 4) is 0 Å². The van der Waals surface area contributed by atoms with Crippen molar-refractivity contribution in [1.82, 2.24) is 9.78 Å². The lowest BCUT2D eigenvalue weighted by Gasteiger charge is -2.11. The summed E-state index contributed by atoms with van der Waals surface area (Å²) in [7, 11) is 0. The molecule has 1 rings (SSSR count). The molecule has 0 radical (unpaired) electrons. The number of aryl methyl sites for hydroxylation is 2. The van der Waals surface area contributed by atoms with Crippen molar-refractivity contribution in [2.45, 2.75) is 46.3 Å². The average molecular weight is 321 g/mol. The Balaban J connectivity index is 2.60. The molecule has 0 saturated heterocycles. The number of aromatic nitrogens is 2. The zero-order chi connectivity index (χ0) is 12.8. The third-order valence-corrected chi connectivity index (χ3v) is 4.89. The van der Waals surface area contributed by atoms with Crippen molar-refractivity contribution >= 4 is 27.7 Å². The zero-order valence-corrected chi connectivity index (χ0v) is 13.1. The van der Waals surface area contributed by atoms with E-state index < -0.39 is 0 Å². The number of hydrogen-bond acceptors (Lipinski definition) is 3. The molecular formula is C12H21BrN2OS. The Hall–Kier alpha value is 0. The molecule has 3 nitrogen and oxygen atoms in total. The minimum atomic E-state index is -0.288. The maximum absolute atomic E-state index is 10.0. The van der Waals surface area contributed by atoms with Gasteiger partial charge in [0.15, 0.2) is 0 Å². The second kappa shape index (κ2) is 7.44. The van der Waals surface area contributed by atoms with Gasteiger partial charge in [-0.2, -0.15) is 16.9 Å². The molecule has 0 amide bonds. The van der Waals surface area contributed by atoms with E-state index in [1.165, 1.54) is 0 Å². The standard InChI is InChI=1S/C12H21BrN2OS/c1-4-6-17-8-10(16)7-11-12(13)9(3)14-15(11)5-2/h10,16H,4-8H2,1-3H3. The quantitative estimate of drug-likeness (QED) is 0.785. The molecule has 98 valence electrons. The van der Waals surface area contributed by atoms with E-state index in [0.29, 0.717) is 6.42 Å². The highest BCUT2D eigenvalue weighted by Crippen LogP contribution is 2.23. The predicted octanol–water partition coefficient (Wildman–Crippen LogP) is 3.02. The fourth-order valence-electron chi connectivity index (χ4n) is 1.71. The SMILES string of the molecule is CCCSCC(O)Cc1c(Br)c(C)nn1CC. The highest BCUT2D eigenvalue weighted by Gasteiger charge is 2.15. The number of hydrogen-bond donors (Lipinski definition) is 1. The number of halogens is 1. The Morgan fingerprint density at radius 1 is 1.47 bits per heavy atom. The van der Waals surface area contributed by atoms with Crippen LogP contribution in [0.2, 0.25) is 0 Å². The summed E-state index contributed by atoms with van der Waals surface area (Å²) in [5.41, 5.74) is 2.10. The van der Waals surface area contributed by atoms with E-state index in [1.807, 2.05) is 23.4 Å². The maximum atomic E-state index is 10.0. The molecule has 0 aliphatic carbocycles. The first-order valence-electron chi connectivity index (χ1n) is 6.07. The Labute approximate surface area is 116 Å². The van der Waals surface area contributed by atoms with Crippen molar-refractivity contribution in [1.29, 1.82) is 0 Å². The minimum Gasteiger partial charge on any atom is -0.392 e. The van der Waals surface area contributed by atoms with Crippen LogP contribution < -0.4 is 0 Å². The van der Waals surface area contributed by atoms with Crippen molar-refractivity contribution in [3.63, 3.8) is 0 Å². The van der Waals surface area contributed by atoms with Gasteiger partial charge in [0.2, 0.25) is 0 Å². The Morgan fingerprint density at radius 3 is 2.76 bits per heavy atom. The van der Waals surface area contributed by atoms with Crippen LogP contribution in [0.3, 0.4) is 0 Å². The van der Waals surface area contributed by atoms with Crippen molar-refractivity contribution in [2.75, 3.05) is 11.5 Å². The van der Waals surface area contributed by atoms with Crippen LogP contribution in [0.4, 0.5) is 0 Å². The fourth-order valence-corrected chi connectivity index (χ4v) is 3.00. The van der Waals surface area contributed by atoms with Gasteiger partial charge in [-0.1, -0.05) is 6.92 Å². The van der Waals surface area contributed by atoms with Crippen LogP contribution in [0.5, 0.6) is 0 Å². The van der Waals surface area contributed by atoms with Gasteiger partial charge in [0.05, 0.1) is 22.0 Å². The van der Waals surface area contributed by atoms with Gasteiger partial charge in [0, 0.05) is 18.7 Å². The first-order valence-corrected chi connectivity index (χ1v) is 8.02. The lowest BCUT2D eigenvalue weighted by molar-refractivity contribution is 0.197. The Bertz CT molecular complexity index is 355. The van der Waals surface area contributed by atoms with Gasteiger partial charge in [-0.05, 0) is 42.0 Å². The molecule has 5 heteroatoms. The number of rotatable bonds is 7. The Kier molecular flexibility index (Phi) is 6.59. The molecular weight excluding hydrogens is 300 g/mol. The molecule has 0 spiro atoms. The van der Waals surface area contributed by atoms with Crippen LogP contribution in [-0.2, 0) is 13.0 Å². The van der Waals surface area contributed by atoms with E-state index in [4.69, 9.17) is 0 Å². The van der Waals surface area contributed by atoms with E-state index in [0.717, 1.165) is 40.3 Å². The van der Waals surface area contributed by atoms with Crippen LogP contribution in [0.15, 0.2) is 4.47 Å². The van der Waals surface area contributed by atoms with Crippen LogP contribution in [-0.4, -0.2) is 32.5 Å². The van der Waals surface area contributed by atoms with Crippen LogP contribution in [0.25, 0.3) is 0 Å². The van der Waals surface area contributed by atoms with Gasteiger partial charge >= 0.3 is 0 Å². The van der Waals surface area contributed by atoms with E-state index in [2.05, 4.69) is 34.9 Å². The highest BCUT2D eigenvalue weighted by molar-refractivity contribution is 9.10. The molecule has 17 heavy (non-hydrogen) atoms. The summed E-state index contributed by atoms with van der Waals surface area (Å²) in [5, 5.41) is 14.4. The summed E-state index contributed by atoms with van der Waals surface area (Å²) in [6, 6.07) is 0. The van der Waals surface area contributed by atoms with Gasteiger partial charge < -0.3 is 5.11 Å². The number of thioether (sulfide) groups is 1. The first kappa shape index (κ1) is 15.1. The van der Waals surface area contributed by atoms with Gasteiger partial charge in [0.1, 0.15) is 0 Å². The monoisotopic (exact) mass is 320 g/mol. The summed E-state index contributed by atoms with van der Waals surface area (Å²) in [6.45, 7) is 7.06. The molecule has 0 aliphatic rings. The molecule has 1 aromatic rings. The summed E-state index contributed by atoms with van der Waals surface area (Å²) >= 11 is 5.36. The maximum Gasteiger partial charge on any atom is 0.0738 e. The van der Waals surface area contributed by atoms with Gasteiger partial charge in [-0.3, -0.25) is 4.68 Å². The summed E-state index contributed by atoms with van der Waals surface area (Å²) in [4.78, 5) is 0. The molecule has 0 saturated carbocycles. The highest BCUT2D eigenvalue weighted by atomic mass is 79.9. The molecule has 1 aromatic heterocycles. The van der Waals surface area contributed by atoms with Gasteiger partial charge in [-0.25, -0.2) is 0 Å². The summed E-state index contributed by atoms with van der Waals surface area (Å²) in [5.74, 6) is 1.92. The molecule has 0 bridgehead atoms. The smallest absolute Gasteiger partial charge is 0.0738 e. The lowest BCUT2D eigenvalue weighted by Crippen LogP contribution is -2.17. The molecule has 0 aliphatic heterocycles. The molecule has 1 N–H and O–H groups in total. The van der Waals surface area contributed by atoms with E-state index >= 15 is 0 Å². The Morgan fingerprint density at radius 2 is 2.18 bits per heavy atom. The summed E-state index contributed by atoms with van der Waals surface area (Å²) in [6.07, 6.45) is 1.54. The second-order valence-electron chi connectivity index (χ2n) is 4.09. The van der Waals surface area contributed by atoms with Gasteiger partial charge in [0.25, 0.3) is 0 Å². The molecule has 0 aromatic carbocycles. The molecule has 1 unspecified atom stereocenters. The van der Waals surface area contributed by atoms with Gasteiger partial charge in [-0.15, -0.1) is 0 Å². The molecule has 0 fully saturated rings. The van der Waals surface area contributed by atoms with Crippen molar-refractivity contribution in [2.24, 2.45) is 0 Å². The first-order chi connectivity index (χ1) is 8.10. The number of aliphatic hydroxyl groups is 1. The lowest BCUT2D eigenvalue weighted by atomic mass is 10.2. The number of aliphatic hydroxyl groups excluding tert-OH is 1. The fraction of sp³-hybridized carbons (Fsp3) is 0.750.